The molecule has 17 heavy (non-hydrogen) atoms. The van der Waals surface area contributed by atoms with Crippen LogP contribution < -0.4 is 10.6 Å². The SMILES string of the molecule is CCC1CCN(c2ccc([C@@H](C)N)cc2Cl)C1. The summed E-state index contributed by atoms with van der Waals surface area (Å²) < 4.78 is 0. The van der Waals surface area contributed by atoms with Crippen molar-refractivity contribution in [3.05, 3.63) is 28.8 Å². The van der Waals surface area contributed by atoms with Gasteiger partial charge in [-0.15, -0.1) is 0 Å². The van der Waals surface area contributed by atoms with Gasteiger partial charge < -0.3 is 10.6 Å². The molecule has 2 nitrogen and oxygen atoms in total. The molecule has 2 atom stereocenters. The standard InChI is InChI=1S/C14H21ClN2/c1-3-11-6-7-17(9-11)14-5-4-12(10(2)16)8-13(14)15/h4-5,8,10-11H,3,6-7,9,16H2,1-2H3/t10-,11?/m1/s1. The molecule has 3 heteroatoms. The van der Waals surface area contributed by atoms with Crippen molar-refractivity contribution in [3.8, 4) is 0 Å². The summed E-state index contributed by atoms with van der Waals surface area (Å²) in [6.07, 6.45) is 2.54. The van der Waals surface area contributed by atoms with E-state index in [9.17, 15) is 0 Å². The summed E-state index contributed by atoms with van der Waals surface area (Å²) in [4.78, 5) is 2.39. The Morgan fingerprint density at radius 2 is 2.29 bits per heavy atom. The number of nitrogens with zero attached hydrogens (tertiary/aromatic N) is 1. The average molecular weight is 253 g/mol. The Morgan fingerprint density at radius 1 is 1.53 bits per heavy atom. The molecule has 2 rings (SSSR count). The zero-order valence-electron chi connectivity index (χ0n) is 10.6. The topological polar surface area (TPSA) is 29.3 Å². The Labute approximate surface area is 109 Å². The van der Waals surface area contributed by atoms with Crippen molar-refractivity contribution < 1.29 is 0 Å². The summed E-state index contributed by atoms with van der Waals surface area (Å²) in [6, 6.07) is 6.24. The normalized spacial score (nSPS) is 21.9. The molecule has 1 aliphatic heterocycles. The van der Waals surface area contributed by atoms with Gasteiger partial charge in [0.15, 0.2) is 0 Å². The molecule has 0 saturated carbocycles. The monoisotopic (exact) mass is 252 g/mol. The fraction of sp³-hybridized carbons (Fsp3) is 0.571. The fourth-order valence-electron chi connectivity index (χ4n) is 2.45. The van der Waals surface area contributed by atoms with Gasteiger partial charge in [0.2, 0.25) is 0 Å². The van der Waals surface area contributed by atoms with Crippen LogP contribution in [-0.4, -0.2) is 13.1 Å². The van der Waals surface area contributed by atoms with Gasteiger partial charge in [0.05, 0.1) is 10.7 Å². The molecule has 1 aromatic rings. The van der Waals surface area contributed by atoms with Crippen LogP contribution in [0.2, 0.25) is 5.02 Å². The van der Waals surface area contributed by atoms with E-state index in [0.717, 1.165) is 35.3 Å². The van der Waals surface area contributed by atoms with Crippen LogP contribution in [0.1, 0.15) is 38.3 Å². The minimum atomic E-state index is 0.0449. The van der Waals surface area contributed by atoms with Gasteiger partial charge >= 0.3 is 0 Å². The van der Waals surface area contributed by atoms with Gasteiger partial charge in [-0.3, -0.25) is 0 Å². The third-order valence-corrected chi connectivity index (χ3v) is 4.00. The van der Waals surface area contributed by atoms with Crippen molar-refractivity contribution in [1.29, 1.82) is 0 Å². The molecule has 94 valence electrons. The number of rotatable bonds is 3. The molecule has 0 spiro atoms. The van der Waals surface area contributed by atoms with Crippen LogP contribution in [0.15, 0.2) is 18.2 Å². The van der Waals surface area contributed by atoms with Gasteiger partial charge in [-0.1, -0.05) is 31.0 Å². The predicted molar refractivity (Wildman–Crippen MR) is 74.7 cm³/mol. The van der Waals surface area contributed by atoms with Crippen LogP contribution in [0.25, 0.3) is 0 Å². The number of nitrogens with two attached hydrogens (primary N) is 1. The molecule has 0 radical (unpaired) electrons. The Hall–Kier alpha value is -0.730. The molecule has 0 aromatic heterocycles. The maximum absolute atomic E-state index is 6.35. The molecule has 1 fully saturated rings. The minimum absolute atomic E-state index is 0.0449. The highest BCUT2D eigenvalue weighted by Gasteiger charge is 2.22. The zero-order chi connectivity index (χ0) is 12.4. The average Bonchev–Trinajstić information content (AvgIpc) is 2.77. The molecule has 2 N–H and O–H groups in total. The Morgan fingerprint density at radius 3 is 2.82 bits per heavy atom. The van der Waals surface area contributed by atoms with Gasteiger partial charge in [0.25, 0.3) is 0 Å². The summed E-state index contributed by atoms with van der Waals surface area (Å²) >= 11 is 6.35. The molecule has 1 aliphatic rings. The maximum Gasteiger partial charge on any atom is 0.0642 e. The second kappa shape index (κ2) is 5.28. The molecule has 0 amide bonds. The maximum atomic E-state index is 6.35. The lowest BCUT2D eigenvalue weighted by Gasteiger charge is -2.21. The lowest BCUT2D eigenvalue weighted by atomic mass is 10.1. The second-order valence-corrected chi connectivity index (χ2v) is 5.42. The van der Waals surface area contributed by atoms with Crippen molar-refractivity contribution >= 4 is 17.3 Å². The summed E-state index contributed by atoms with van der Waals surface area (Å²) in [7, 11) is 0. The first-order valence-electron chi connectivity index (χ1n) is 6.41. The molecule has 1 heterocycles. The summed E-state index contributed by atoms with van der Waals surface area (Å²) in [5.41, 5.74) is 8.12. The van der Waals surface area contributed by atoms with Crippen LogP contribution in [-0.2, 0) is 0 Å². The van der Waals surface area contributed by atoms with Gasteiger partial charge in [-0.2, -0.15) is 0 Å². The lowest BCUT2D eigenvalue weighted by Crippen LogP contribution is -2.20. The number of anilines is 1. The first-order valence-corrected chi connectivity index (χ1v) is 6.79. The molecule has 1 unspecified atom stereocenters. The molecular weight excluding hydrogens is 232 g/mol. The van der Waals surface area contributed by atoms with Crippen LogP contribution in [0.5, 0.6) is 0 Å². The van der Waals surface area contributed by atoms with E-state index in [0.29, 0.717) is 0 Å². The Bertz CT molecular complexity index is 390. The third-order valence-electron chi connectivity index (χ3n) is 3.70. The van der Waals surface area contributed by atoms with E-state index < -0.39 is 0 Å². The molecule has 1 saturated heterocycles. The van der Waals surface area contributed by atoms with E-state index in [-0.39, 0.29) is 6.04 Å². The van der Waals surface area contributed by atoms with E-state index >= 15 is 0 Å². The number of benzene rings is 1. The van der Waals surface area contributed by atoms with Gasteiger partial charge in [-0.25, -0.2) is 0 Å². The van der Waals surface area contributed by atoms with E-state index in [2.05, 4.69) is 24.0 Å². The van der Waals surface area contributed by atoms with E-state index in [4.69, 9.17) is 17.3 Å². The third kappa shape index (κ3) is 2.75. The largest absolute Gasteiger partial charge is 0.370 e. The van der Waals surface area contributed by atoms with Crippen molar-refractivity contribution in [3.63, 3.8) is 0 Å². The number of hydrogen-bond acceptors (Lipinski definition) is 2. The van der Waals surface area contributed by atoms with E-state index in [1.54, 1.807) is 0 Å². The van der Waals surface area contributed by atoms with Crippen molar-refractivity contribution in [1.82, 2.24) is 0 Å². The van der Waals surface area contributed by atoms with Crippen LogP contribution in [0.3, 0.4) is 0 Å². The zero-order valence-corrected chi connectivity index (χ0v) is 11.4. The van der Waals surface area contributed by atoms with E-state index in [1.807, 2.05) is 13.0 Å². The smallest absolute Gasteiger partial charge is 0.0642 e. The predicted octanol–water partition coefficient (Wildman–Crippen LogP) is 3.60. The Kier molecular flexibility index (Phi) is 3.95. The fourth-order valence-corrected chi connectivity index (χ4v) is 2.76. The molecule has 1 aromatic carbocycles. The molecule has 0 aliphatic carbocycles. The van der Waals surface area contributed by atoms with Crippen LogP contribution in [0.4, 0.5) is 5.69 Å². The van der Waals surface area contributed by atoms with Crippen molar-refractivity contribution in [2.24, 2.45) is 11.7 Å². The summed E-state index contributed by atoms with van der Waals surface area (Å²) in [5.74, 6) is 0.819. The highest BCUT2D eigenvalue weighted by Crippen LogP contribution is 2.32. The number of hydrogen-bond donors (Lipinski definition) is 1. The first-order chi connectivity index (χ1) is 8.11. The highest BCUT2D eigenvalue weighted by atomic mass is 35.5. The lowest BCUT2D eigenvalue weighted by molar-refractivity contribution is 0.569. The first kappa shape index (κ1) is 12.7. The van der Waals surface area contributed by atoms with Gasteiger partial charge in [-0.05, 0) is 37.0 Å². The van der Waals surface area contributed by atoms with Gasteiger partial charge in [0, 0.05) is 19.1 Å². The molecular formula is C14H21ClN2. The summed E-state index contributed by atoms with van der Waals surface area (Å²) in [6.45, 7) is 6.49. The summed E-state index contributed by atoms with van der Waals surface area (Å²) in [5, 5.41) is 0.830. The minimum Gasteiger partial charge on any atom is -0.370 e. The Balaban J connectivity index is 2.17. The second-order valence-electron chi connectivity index (χ2n) is 5.01. The van der Waals surface area contributed by atoms with E-state index in [1.165, 1.54) is 12.8 Å². The quantitative estimate of drug-likeness (QED) is 0.891. The molecule has 0 bridgehead atoms. The van der Waals surface area contributed by atoms with Crippen LogP contribution in [0, 0.1) is 5.92 Å². The highest BCUT2D eigenvalue weighted by molar-refractivity contribution is 6.33. The van der Waals surface area contributed by atoms with Gasteiger partial charge in [0.1, 0.15) is 0 Å². The number of halogens is 1. The van der Waals surface area contributed by atoms with Crippen molar-refractivity contribution in [2.45, 2.75) is 32.7 Å². The van der Waals surface area contributed by atoms with Crippen molar-refractivity contribution in [2.75, 3.05) is 18.0 Å². The van der Waals surface area contributed by atoms with Crippen LogP contribution >= 0.6 is 11.6 Å².